The van der Waals surface area contributed by atoms with Crippen molar-refractivity contribution < 1.29 is 9.26 Å². The number of benzene rings is 1. The van der Waals surface area contributed by atoms with Gasteiger partial charge in [0.2, 0.25) is 0 Å². The summed E-state index contributed by atoms with van der Waals surface area (Å²) in [5.74, 6) is 2.79. The molecule has 5 heteroatoms. The van der Waals surface area contributed by atoms with E-state index in [2.05, 4.69) is 28.4 Å². The summed E-state index contributed by atoms with van der Waals surface area (Å²) < 4.78 is 11.2. The van der Waals surface area contributed by atoms with E-state index in [1.165, 1.54) is 12.8 Å². The van der Waals surface area contributed by atoms with E-state index in [1.54, 1.807) is 0 Å². The number of hydrogen-bond acceptors (Lipinski definition) is 5. The lowest BCUT2D eigenvalue weighted by atomic mass is 10.1. The highest BCUT2D eigenvalue weighted by Crippen LogP contribution is 2.38. The standard InChI is InChI=1S/C16H21N3O2/c1-3-17-9-13-6-4-5-11(2)15(13)20-10-14-18-16(19-21-14)12-7-8-12/h4-6,12,17H,3,7-10H2,1-2H3. The summed E-state index contributed by atoms with van der Waals surface area (Å²) in [6.45, 7) is 6.19. The first-order chi connectivity index (χ1) is 10.3. The van der Waals surface area contributed by atoms with E-state index in [4.69, 9.17) is 9.26 Å². The molecule has 3 rings (SSSR count). The van der Waals surface area contributed by atoms with Gasteiger partial charge in [-0.25, -0.2) is 0 Å². The summed E-state index contributed by atoms with van der Waals surface area (Å²) in [5.41, 5.74) is 2.27. The van der Waals surface area contributed by atoms with Crippen molar-refractivity contribution >= 4 is 0 Å². The second-order valence-electron chi connectivity index (χ2n) is 5.45. The SMILES string of the molecule is CCNCc1cccc(C)c1OCc1nc(C2CC2)no1. The number of aromatic nitrogens is 2. The van der Waals surface area contributed by atoms with Gasteiger partial charge in [0.1, 0.15) is 5.75 Å². The van der Waals surface area contributed by atoms with Crippen LogP contribution in [0.4, 0.5) is 0 Å². The Morgan fingerprint density at radius 3 is 3.00 bits per heavy atom. The van der Waals surface area contributed by atoms with Crippen LogP contribution in [-0.2, 0) is 13.2 Å². The van der Waals surface area contributed by atoms with Crippen molar-refractivity contribution in [1.29, 1.82) is 0 Å². The number of nitrogens with zero attached hydrogens (tertiary/aromatic N) is 2. The monoisotopic (exact) mass is 287 g/mol. The van der Waals surface area contributed by atoms with Crippen molar-refractivity contribution in [2.24, 2.45) is 0 Å². The van der Waals surface area contributed by atoms with Crippen molar-refractivity contribution in [2.75, 3.05) is 6.54 Å². The summed E-state index contributed by atoms with van der Waals surface area (Å²) in [6.07, 6.45) is 2.34. The number of ether oxygens (including phenoxy) is 1. The molecule has 0 radical (unpaired) electrons. The van der Waals surface area contributed by atoms with Gasteiger partial charge in [-0.3, -0.25) is 0 Å². The quantitative estimate of drug-likeness (QED) is 0.848. The Bertz CT molecular complexity index is 605. The molecular formula is C16H21N3O2. The summed E-state index contributed by atoms with van der Waals surface area (Å²) in [7, 11) is 0. The second kappa shape index (κ2) is 6.26. The Morgan fingerprint density at radius 1 is 1.38 bits per heavy atom. The third-order valence-electron chi connectivity index (χ3n) is 3.63. The number of hydrogen-bond donors (Lipinski definition) is 1. The first-order valence-corrected chi connectivity index (χ1v) is 7.52. The Balaban J connectivity index is 1.68. The molecule has 0 amide bonds. The van der Waals surface area contributed by atoms with E-state index >= 15 is 0 Å². The van der Waals surface area contributed by atoms with Crippen LogP contribution in [0.3, 0.4) is 0 Å². The fourth-order valence-electron chi connectivity index (χ4n) is 2.29. The van der Waals surface area contributed by atoms with E-state index in [-0.39, 0.29) is 0 Å². The predicted octanol–water partition coefficient (Wildman–Crippen LogP) is 2.94. The third kappa shape index (κ3) is 3.42. The molecular weight excluding hydrogens is 266 g/mol. The van der Waals surface area contributed by atoms with E-state index in [0.29, 0.717) is 18.4 Å². The average molecular weight is 287 g/mol. The van der Waals surface area contributed by atoms with E-state index < -0.39 is 0 Å². The Labute approximate surface area is 124 Å². The fraction of sp³-hybridized carbons (Fsp3) is 0.500. The maximum absolute atomic E-state index is 5.93. The lowest BCUT2D eigenvalue weighted by Gasteiger charge is -2.13. The Kier molecular flexibility index (Phi) is 4.20. The van der Waals surface area contributed by atoms with Crippen molar-refractivity contribution in [3.63, 3.8) is 0 Å². The summed E-state index contributed by atoms with van der Waals surface area (Å²) >= 11 is 0. The zero-order valence-electron chi connectivity index (χ0n) is 12.6. The molecule has 1 aromatic heterocycles. The number of aryl methyl sites for hydroxylation is 1. The van der Waals surface area contributed by atoms with Gasteiger partial charge in [-0.05, 0) is 31.9 Å². The molecule has 0 unspecified atom stereocenters. The minimum atomic E-state index is 0.323. The third-order valence-corrected chi connectivity index (χ3v) is 3.63. The van der Waals surface area contributed by atoms with Gasteiger partial charge in [0, 0.05) is 18.0 Å². The van der Waals surface area contributed by atoms with Crippen molar-refractivity contribution in [3.05, 3.63) is 41.0 Å². The normalized spacial score (nSPS) is 14.4. The number of nitrogens with one attached hydrogen (secondary N) is 1. The molecule has 1 aliphatic carbocycles. The molecule has 0 saturated heterocycles. The molecule has 1 aromatic carbocycles. The summed E-state index contributed by atoms with van der Waals surface area (Å²) in [6, 6.07) is 6.18. The van der Waals surface area contributed by atoms with Crippen molar-refractivity contribution in [2.45, 2.75) is 45.8 Å². The molecule has 5 nitrogen and oxygen atoms in total. The van der Waals surface area contributed by atoms with Crippen LogP contribution in [0, 0.1) is 6.92 Å². The molecule has 0 bridgehead atoms. The Morgan fingerprint density at radius 2 is 2.24 bits per heavy atom. The number of rotatable bonds is 7. The lowest BCUT2D eigenvalue weighted by molar-refractivity contribution is 0.239. The highest BCUT2D eigenvalue weighted by Gasteiger charge is 2.28. The van der Waals surface area contributed by atoms with Gasteiger partial charge in [0.15, 0.2) is 12.4 Å². The van der Waals surface area contributed by atoms with Crippen LogP contribution in [0.5, 0.6) is 5.75 Å². The van der Waals surface area contributed by atoms with E-state index in [9.17, 15) is 0 Å². The minimum absolute atomic E-state index is 0.323. The van der Waals surface area contributed by atoms with Crippen LogP contribution >= 0.6 is 0 Å². The van der Waals surface area contributed by atoms with Crippen LogP contribution in [0.25, 0.3) is 0 Å². The molecule has 1 aliphatic rings. The van der Waals surface area contributed by atoms with Crippen molar-refractivity contribution in [3.8, 4) is 5.75 Å². The molecule has 1 fully saturated rings. The maximum atomic E-state index is 5.93. The molecule has 1 heterocycles. The molecule has 0 spiro atoms. The van der Waals surface area contributed by atoms with Crippen LogP contribution in [-0.4, -0.2) is 16.7 Å². The lowest BCUT2D eigenvalue weighted by Crippen LogP contribution is -2.13. The van der Waals surface area contributed by atoms with Gasteiger partial charge in [-0.15, -0.1) is 0 Å². The van der Waals surface area contributed by atoms with Crippen LogP contribution < -0.4 is 10.1 Å². The van der Waals surface area contributed by atoms with Gasteiger partial charge in [0.25, 0.3) is 5.89 Å². The van der Waals surface area contributed by atoms with Crippen LogP contribution in [0.2, 0.25) is 0 Å². The highest BCUT2D eigenvalue weighted by molar-refractivity contribution is 5.40. The zero-order chi connectivity index (χ0) is 14.7. The largest absolute Gasteiger partial charge is 0.483 e. The summed E-state index contributed by atoms with van der Waals surface area (Å²) in [4.78, 5) is 4.39. The number of para-hydroxylation sites is 1. The first kappa shape index (κ1) is 14.1. The van der Waals surface area contributed by atoms with Crippen LogP contribution in [0.15, 0.2) is 22.7 Å². The second-order valence-corrected chi connectivity index (χ2v) is 5.45. The van der Waals surface area contributed by atoms with Gasteiger partial charge < -0.3 is 14.6 Å². The molecule has 2 aromatic rings. The molecule has 0 aliphatic heterocycles. The van der Waals surface area contributed by atoms with Crippen LogP contribution in [0.1, 0.15) is 48.5 Å². The van der Waals surface area contributed by atoms with Gasteiger partial charge in [-0.1, -0.05) is 30.3 Å². The van der Waals surface area contributed by atoms with Gasteiger partial charge in [-0.2, -0.15) is 4.98 Å². The average Bonchev–Trinajstić information content (AvgIpc) is 3.23. The summed E-state index contributed by atoms with van der Waals surface area (Å²) in [5, 5.41) is 7.33. The fourth-order valence-corrected chi connectivity index (χ4v) is 2.29. The minimum Gasteiger partial charge on any atom is -0.483 e. The van der Waals surface area contributed by atoms with Gasteiger partial charge >= 0.3 is 0 Å². The molecule has 1 N–H and O–H groups in total. The molecule has 0 atom stereocenters. The molecule has 1 saturated carbocycles. The smallest absolute Gasteiger partial charge is 0.264 e. The predicted molar refractivity (Wildman–Crippen MR) is 79.2 cm³/mol. The topological polar surface area (TPSA) is 60.2 Å². The highest BCUT2D eigenvalue weighted by atomic mass is 16.5. The zero-order valence-corrected chi connectivity index (χ0v) is 12.6. The Hall–Kier alpha value is -1.88. The maximum Gasteiger partial charge on any atom is 0.264 e. The molecule has 21 heavy (non-hydrogen) atoms. The van der Waals surface area contributed by atoms with E-state index in [1.807, 2.05) is 19.1 Å². The first-order valence-electron chi connectivity index (χ1n) is 7.52. The van der Waals surface area contributed by atoms with Crippen molar-refractivity contribution in [1.82, 2.24) is 15.5 Å². The van der Waals surface area contributed by atoms with E-state index in [0.717, 1.165) is 35.8 Å². The molecule has 112 valence electrons. The van der Waals surface area contributed by atoms with Gasteiger partial charge in [0.05, 0.1) is 0 Å².